The van der Waals surface area contributed by atoms with Crippen LogP contribution in [0.4, 0.5) is 8.78 Å². The number of benzene rings is 1. The first-order valence-corrected chi connectivity index (χ1v) is 7.67. The fourth-order valence-electron chi connectivity index (χ4n) is 2.99. The summed E-state index contributed by atoms with van der Waals surface area (Å²) in [6, 6.07) is 3.12. The van der Waals surface area contributed by atoms with Gasteiger partial charge >= 0.3 is 0 Å². The maximum Gasteiger partial charge on any atom is 0.239 e. The lowest BCUT2D eigenvalue weighted by atomic mass is 10.0. The van der Waals surface area contributed by atoms with Gasteiger partial charge in [0, 0.05) is 43.9 Å². The number of carbonyl (C=O) groups is 1. The molecule has 2 N–H and O–H groups in total. The van der Waals surface area contributed by atoms with Gasteiger partial charge in [0.15, 0.2) is 0 Å². The molecule has 1 heterocycles. The van der Waals surface area contributed by atoms with E-state index in [-0.39, 0.29) is 36.8 Å². The number of hydrogen-bond acceptors (Lipinski definition) is 3. The van der Waals surface area contributed by atoms with Gasteiger partial charge in [-0.1, -0.05) is 13.0 Å². The quantitative estimate of drug-likeness (QED) is 0.869. The molecule has 1 amide bonds. The molecule has 1 aromatic carbocycles. The molecule has 0 spiro atoms. The van der Waals surface area contributed by atoms with Crippen molar-refractivity contribution in [2.24, 2.45) is 5.73 Å². The number of carbonyl (C=O) groups excluding carboxylic acids is 1. The average Bonchev–Trinajstić information content (AvgIpc) is 2.50. The van der Waals surface area contributed by atoms with Crippen LogP contribution in [-0.4, -0.2) is 47.9 Å². The first-order chi connectivity index (χ1) is 10.4. The van der Waals surface area contributed by atoms with Crippen LogP contribution in [-0.2, 0) is 4.79 Å². The van der Waals surface area contributed by atoms with Gasteiger partial charge in [0.25, 0.3) is 0 Å². The molecule has 1 aliphatic heterocycles. The summed E-state index contributed by atoms with van der Waals surface area (Å²) >= 11 is 0. The van der Waals surface area contributed by atoms with Crippen LogP contribution in [0.3, 0.4) is 0 Å². The average molecular weight is 384 g/mol. The van der Waals surface area contributed by atoms with E-state index in [0.717, 1.165) is 12.5 Å². The number of piperazine rings is 1. The predicted octanol–water partition coefficient (Wildman–Crippen LogP) is 2.75. The molecule has 1 aliphatic rings. The molecular weight excluding hydrogens is 359 g/mol. The van der Waals surface area contributed by atoms with Gasteiger partial charge in [0.2, 0.25) is 5.91 Å². The van der Waals surface area contributed by atoms with Crippen LogP contribution in [0.15, 0.2) is 18.2 Å². The summed E-state index contributed by atoms with van der Waals surface area (Å²) in [5.41, 5.74) is 6.13. The molecule has 2 rings (SSSR count). The fourth-order valence-corrected chi connectivity index (χ4v) is 2.99. The normalized spacial score (nSPS) is 17.5. The minimum atomic E-state index is -0.566. The van der Waals surface area contributed by atoms with E-state index in [1.807, 2.05) is 6.92 Å². The summed E-state index contributed by atoms with van der Waals surface area (Å²) < 4.78 is 27.1. The minimum absolute atomic E-state index is 0. The lowest BCUT2D eigenvalue weighted by molar-refractivity contribution is -0.134. The Morgan fingerprint density at radius 2 is 1.79 bits per heavy atom. The Bertz CT molecular complexity index is 538. The first-order valence-electron chi connectivity index (χ1n) is 7.67. The monoisotopic (exact) mass is 383 g/mol. The van der Waals surface area contributed by atoms with Gasteiger partial charge in [-0.2, -0.15) is 0 Å². The third kappa shape index (κ3) is 5.28. The van der Waals surface area contributed by atoms with Crippen molar-refractivity contribution in [3.63, 3.8) is 0 Å². The van der Waals surface area contributed by atoms with Crippen molar-refractivity contribution in [3.8, 4) is 0 Å². The highest BCUT2D eigenvalue weighted by atomic mass is 35.5. The second kappa shape index (κ2) is 10.1. The molecule has 1 aromatic rings. The molecule has 1 saturated heterocycles. The van der Waals surface area contributed by atoms with E-state index in [1.54, 1.807) is 11.8 Å². The van der Waals surface area contributed by atoms with E-state index in [2.05, 4.69) is 4.90 Å². The van der Waals surface area contributed by atoms with Crippen LogP contribution in [0.1, 0.15) is 31.9 Å². The van der Waals surface area contributed by atoms with Gasteiger partial charge in [-0.25, -0.2) is 8.78 Å². The zero-order chi connectivity index (χ0) is 16.3. The molecule has 4 nitrogen and oxygen atoms in total. The highest BCUT2D eigenvalue weighted by molar-refractivity contribution is 5.85. The van der Waals surface area contributed by atoms with Crippen LogP contribution < -0.4 is 5.73 Å². The van der Waals surface area contributed by atoms with Gasteiger partial charge in [-0.05, 0) is 19.4 Å². The van der Waals surface area contributed by atoms with Gasteiger partial charge in [-0.3, -0.25) is 9.69 Å². The molecular formula is C16H25Cl2F2N3O. The Morgan fingerprint density at radius 3 is 2.25 bits per heavy atom. The molecule has 1 fully saturated rings. The van der Waals surface area contributed by atoms with Crippen molar-refractivity contribution >= 4 is 30.7 Å². The third-order valence-electron chi connectivity index (χ3n) is 4.16. The molecule has 24 heavy (non-hydrogen) atoms. The number of nitrogens with zero attached hydrogens (tertiary/aromatic N) is 2. The van der Waals surface area contributed by atoms with E-state index in [4.69, 9.17) is 5.73 Å². The molecule has 0 saturated carbocycles. The SMILES string of the molecule is CCC(c1ccc(F)cc1F)N1CCN(C(=O)[C@@H](C)N)CC1.Cl.Cl. The number of hydrogen-bond donors (Lipinski definition) is 1. The van der Waals surface area contributed by atoms with Gasteiger partial charge in [-0.15, -0.1) is 24.8 Å². The Morgan fingerprint density at radius 1 is 1.21 bits per heavy atom. The number of rotatable bonds is 4. The maximum absolute atomic E-state index is 14.0. The zero-order valence-corrected chi connectivity index (χ0v) is 15.5. The predicted molar refractivity (Wildman–Crippen MR) is 95.7 cm³/mol. The summed E-state index contributed by atoms with van der Waals surface area (Å²) in [4.78, 5) is 15.8. The minimum Gasteiger partial charge on any atom is -0.339 e. The summed E-state index contributed by atoms with van der Waals surface area (Å²) in [7, 11) is 0. The lowest BCUT2D eigenvalue weighted by Crippen LogP contribution is -2.53. The Balaban J connectivity index is 0.00000264. The van der Waals surface area contributed by atoms with Crippen LogP contribution >= 0.6 is 24.8 Å². The molecule has 8 heteroatoms. The Kier molecular flexibility index (Phi) is 9.73. The summed E-state index contributed by atoms with van der Waals surface area (Å²) in [6.45, 7) is 6.14. The fraction of sp³-hybridized carbons (Fsp3) is 0.562. The molecule has 1 unspecified atom stereocenters. The van der Waals surface area contributed by atoms with Crippen molar-refractivity contribution < 1.29 is 13.6 Å². The lowest BCUT2D eigenvalue weighted by Gasteiger charge is -2.39. The first kappa shape index (κ1) is 23.1. The largest absolute Gasteiger partial charge is 0.339 e. The van der Waals surface area contributed by atoms with E-state index in [9.17, 15) is 13.6 Å². The zero-order valence-electron chi connectivity index (χ0n) is 13.9. The maximum atomic E-state index is 14.0. The summed E-state index contributed by atoms with van der Waals surface area (Å²) in [6.07, 6.45) is 0.726. The summed E-state index contributed by atoms with van der Waals surface area (Å²) in [5, 5.41) is 0. The van der Waals surface area contributed by atoms with Gasteiger partial charge in [0.05, 0.1) is 6.04 Å². The van der Waals surface area contributed by atoms with Crippen molar-refractivity contribution in [2.75, 3.05) is 26.2 Å². The van der Waals surface area contributed by atoms with Crippen molar-refractivity contribution in [3.05, 3.63) is 35.4 Å². The number of nitrogens with two attached hydrogens (primary N) is 1. The van der Waals surface area contributed by atoms with Crippen LogP contribution in [0, 0.1) is 11.6 Å². The molecule has 0 radical (unpaired) electrons. The topological polar surface area (TPSA) is 49.6 Å². The standard InChI is InChI=1S/C16H23F2N3O.2ClH/c1-3-15(13-5-4-12(17)10-14(13)18)20-6-8-21(9-7-20)16(22)11(2)19;;/h4-5,10-11,15H,3,6-9,19H2,1-2H3;2*1H/t11-,15?;;/m1../s1. The highest BCUT2D eigenvalue weighted by Crippen LogP contribution is 2.28. The third-order valence-corrected chi connectivity index (χ3v) is 4.16. The van der Waals surface area contributed by atoms with Gasteiger partial charge < -0.3 is 10.6 Å². The molecule has 0 aliphatic carbocycles. The molecule has 0 aromatic heterocycles. The van der Waals surface area contributed by atoms with E-state index >= 15 is 0 Å². The highest BCUT2D eigenvalue weighted by Gasteiger charge is 2.28. The van der Waals surface area contributed by atoms with Crippen molar-refractivity contribution in [1.82, 2.24) is 9.80 Å². The van der Waals surface area contributed by atoms with Crippen molar-refractivity contribution in [1.29, 1.82) is 0 Å². The Labute approximate surface area is 154 Å². The van der Waals surface area contributed by atoms with Crippen molar-refractivity contribution in [2.45, 2.75) is 32.4 Å². The molecule has 138 valence electrons. The van der Waals surface area contributed by atoms with Crippen LogP contribution in [0.2, 0.25) is 0 Å². The second-order valence-corrected chi connectivity index (χ2v) is 5.74. The van der Waals surface area contributed by atoms with Crippen LogP contribution in [0.25, 0.3) is 0 Å². The molecule has 0 bridgehead atoms. The number of amides is 1. The van der Waals surface area contributed by atoms with E-state index in [0.29, 0.717) is 31.7 Å². The Hall–Kier alpha value is -0.950. The van der Waals surface area contributed by atoms with Gasteiger partial charge in [0.1, 0.15) is 11.6 Å². The van der Waals surface area contributed by atoms with E-state index in [1.165, 1.54) is 12.1 Å². The number of halogens is 4. The second-order valence-electron chi connectivity index (χ2n) is 5.74. The van der Waals surface area contributed by atoms with Crippen LogP contribution in [0.5, 0.6) is 0 Å². The smallest absolute Gasteiger partial charge is 0.239 e. The molecule has 2 atom stereocenters. The summed E-state index contributed by atoms with van der Waals surface area (Å²) in [5.74, 6) is -1.13. The van der Waals surface area contributed by atoms with E-state index < -0.39 is 17.7 Å².